The summed E-state index contributed by atoms with van der Waals surface area (Å²) in [6, 6.07) is 14.7. The number of nitriles is 1. The number of carbonyl (C=O) groups is 1. The second kappa shape index (κ2) is 9.45. The van der Waals surface area contributed by atoms with E-state index in [4.69, 9.17) is 26.7 Å². The molecule has 1 amide bonds. The zero-order chi connectivity index (χ0) is 19.9. The first-order valence-corrected chi connectivity index (χ1v) is 9.53. The van der Waals surface area contributed by atoms with Crippen LogP contribution in [0.4, 0.5) is 5.69 Å². The summed E-state index contributed by atoms with van der Waals surface area (Å²) in [7, 11) is 0. The van der Waals surface area contributed by atoms with Crippen LogP contribution >= 0.6 is 11.6 Å². The van der Waals surface area contributed by atoms with Gasteiger partial charge in [0.25, 0.3) is 0 Å². The van der Waals surface area contributed by atoms with Crippen LogP contribution in [0.15, 0.2) is 42.5 Å². The van der Waals surface area contributed by atoms with Crippen LogP contribution in [-0.2, 0) is 11.2 Å². The summed E-state index contributed by atoms with van der Waals surface area (Å²) < 4.78 is 5.37. The molecule has 6 nitrogen and oxygen atoms in total. The highest BCUT2D eigenvalue weighted by molar-refractivity contribution is 6.33. The van der Waals surface area contributed by atoms with Crippen molar-refractivity contribution in [2.45, 2.75) is 6.42 Å². The average Bonchev–Trinajstić information content (AvgIpc) is 2.73. The number of anilines is 1. The summed E-state index contributed by atoms with van der Waals surface area (Å²) >= 11 is 6.39. The molecule has 1 aliphatic heterocycles. The van der Waals surface area contributed by atoms with E-state index in [1.807, 2.05) is 29.2 Å². The van der Waals surface area contributed by atoms with Gasteiger partial charge in [-0.05, 0) is 29.8 Å². The largest absolute Gasteiger partial charge is 0.491 e. The minimum atomic E-state index is -0.0438. The molecule has 0 radical (unpaired) electrons. The number of benzene rings is 2. The minimum absolute atomic E-state index is 0.0438. The summed E-state index contributed by atoms with van der Waals surface area (Å²) in [5, 5.41) is 18.3. The molecule has 0 aromatic heterocycles. The molecule has 1 aliphatic rings. The van der Waals surface area contributed by atoms with Gasteiger partial charge < -0.3 is 19.6 Å². The van der Waals surface area contributed by atoms with Crippen molar-refractivity contribution in [1.29, 1.82) is 5.26 Å². The standard InChI is InChI=1S/C21H22ClN3O3/c22-19-14-18(28-12-11-26)5-6-20(19)24-7-9-25(10-8-24)21(27)13-16-1-3-17(15-23)4-2-16/h1-6,14,26H,7-13H2. The lowest BCUT2D eigenvalue weighted by Crippen LogP contribution is -2.49. The molecular formula is C21H22ClN3O3. The summed E-state index contributed by atoms with van der Waals surface area (Å²) in [6.07, 6.45) is 0.337. The molecule has 1 fully saturated rings. The third-order valence-electron chi connectivity index (χ3n) is 4.69. The Balaban J connectivity index is 1.55. The Kier molecular flexibility index (Phi) is 6.75. The second-order valence-corrected chi connectivity index (χ2v) is 6.95. The van der Waals surface area contributed by atoms with Crippen molar-refractivity contribution in [3.8, 4) is 11.8 Å². The van der Waals surface area contributed by atoms with Gasteiger partial charge in [-0.1, -0.05) is 23.7 Å². The first-order valence-electron chi connectivity index (χ1n) is 9.15. The molecular weight excluding hydrogens is 378 g/mol. The van der Waals surface area contributed by atoms with E-state index >= 15 is 0 Å². The average molecular weight is 400 g/mol. The summed E-state index contributed by atoms with van der Waals surface area (Å²) in [5.74, 6) is 0.710. The van der Waals surface area contributed by atoms with Gasteiger partial charge in [-0.15, -0.1) is 0 Å². The second-order valence-electron chi connectivity index (χ2n) is 6.54. The van der Waals surface area contributed by atoms with Gasteiger partial charge >= 0.3 is 0 Å². The maximum Gasteiger partial charge on any atom is 0.227 e. The molecule has 0 atom stereocenters. The number of rotatable bonds is 6. The number of hydrogen-bond donors (Lipinski definition) is 1. The Morgan fingerprint density at radius 1 is 1.14 bits per heavy atom. The number of aliphatic hydroxyl groups excluding tert-OH is 1. The summed E-state index contributed by atoms with van der Waals surface area (Å²) in [4.78, 5) is 16.6. The van der Waals surface area contributed by atoms with E-state index in [2.05, 4.69) is 11.0 Å². The first-order chi connectivity index (χ1) is 13.6. The molecule has 0 spiro atoms. The lowest BCUT2D eigenvalue weighted by molar-refractivity contribution is -0.130. The smallest absolute Gasteiger partial charge is 0.227 e. The monoisotopic (exact) mass is 399 g/mol. The number of ether oxygens (including phenoxy) is 1. The SMILES string of the molecule is N#Cc1ccc(CC(=O)N2CCN(c3ccc(OCCO)cc3Cl)CC2)cc1. The molecule has 0 aliphatic carbocycles. The topological polar surface area (TPSA) is 76.8 Å². The van der Waals surface area contributed by atoms with Crippen LogP contribution in [0.25, 0.3) is 0 Å². The number of piperazine rings is 1. The highest BCUT2D eigenvalue weighted by atomic mass is 35.5. The van der Waals surface area contributed by atoms with Crippen molar-refractivity contribution in [3.63, 3.8) is 0 Å². The molecule has 2 aromatic rings. The van der Waals surface area contributed by atoms with Gasteiger partial charge in [-0.2, -0.15) is 5.26 Å². The van der Waals surface area contributed by atoms with Gasteiger partial charge in [0.1, 0.15) is 12.4 Å². The maximum absolute atomic E-state index is 12.6. The minimum Gasteiger partial charge on any atom is -0.491 e. The van der Waals surface area contributed by atoms with Crippen LogP contribution in [0.2, 0.25) is 5.02 Å². The van der Waals surface area contributed by atoms with E-state index in [-0.39, 0.29) is 19.1 Å². The molecule has 146 valence electrons. The molecule has 1 heterocycles. The van der Waals surface area contributed by atoms with Crippen molar-refractivity contribution in [2.24, 2.45) is 0 Å². The first kappa shape index (κ1) is 20.0. The zero-order valence-electron chi connectivity index (χ0n) is 15.5. The predicted octanol–water partition coefficient (Wildman–Crippen LogP) is 2.47. The third kappa shape index (κ3) is 4.94. The van der Waals surface area contributed by atoms with Gasteiger partial charge in [-0.25, -0.2) is 0 Å². The van der Waals surface area contributed by atoms with Crippen molar-refractivity contribution in [3.05, 3.63) is 58.6 Å². The molecule has 1 N–H and O–H groups in total. The Bertz CT molecular complexity index is 856. The highest BCUT2D eigenvalue weighted by Crippen LogP contribution is 2.30. The van der Waals surface area contributed by atoms with Crippen LogP contribution in [0, 0.1) is 11.3 Å². The van der Waals surface area contributed by atoms with Gasteiger partial charge in [-0.3, -0.25) is 4.79 Å². The summed E-state index contributed by atoms with van der Waals surface area (Å²) in [6.45, 7) is 2.86. The molecule has 28 heavy (non-hydrogen) atoms. The van der Waals surface area contributed by atoms with Crippen molar-refractivity contribution in [2.75, 3.05) is 44.3 Å². The van der Waals surface area contributed by atoms with E-state index in [9.17, 15) is 4.79 Å². The fourth-order valence-electron chi connectivity index (χ4n) is 3.18. The van der Waals surface area contributed by atoms with Crippen LogP contribution < -0.4 is 9.64 Å². The van der Waals surface area contributed by atoms with Gasteiger partial charge in [0.05, 0.1) is 35.4 Å². The van der Waals surface area contributed by atoms with E-state index in [0.717, 1.165) is 11.3 Å². The van der Waals surface area contributed by atoms with Crippen LogP contribution in [0.5, 0.6) is 5.75 Å². The zero-order valence-corrected chi connectivity index (χ0v) is 16.2. The molecule has 1 saturated heterocycles. The Labute approximate surface area is 169 Å². The van der Waals surface area contributed by atoms with Crippen molar-refractivity contribution < 1.29 is 14.6 Å². The molecule has 3 rings (SSSR count). The molecule has 0 saturated carbocycles. The number of amides is 1. The molecule has 2 aromatic carbocycles. The van der Waals surface area contributed by atoms with Crippen LogP contribution in [-0.4, -0.2) is 55.3 Å². The van der Waals surface area contributed by atoms with Gasteiger partial charge in [0.15, 0.2) is 0 Å². The number of halogens is 1. The molecule has 0 unspecified atom stereocenters. The number of hydrogen-bond acceptors (Lipinski definition) is 5. The number of carbonyl (C=O) groups excluding carboxylic acids is 1. The fourth-order valence-corrected chi connectivity index (χ4v) is 3.47. The predicted molar refractivity (Wildman–Crippen MR) is 108 cm³/mol. The van der Waals surface area contributed by atoms with E-state index in [0.29, 0.717) is 48.9 Å². The summed E-state index contributed by atoms with van der Waals surface area (Å²) in [5.41, 5.74) is 2.42. The van der Waals surface area contributed by atoms with E-state index in [1.54, 1.807) is 18.2 Å². The Hall–Kier alpha value is -2.75. The Morgan fingerprint density at radius 3 is 2.46 bits per heavy atom. The third-order valence-corrected chi connectivity index (χ3v) is 4.99. The van der Waals surface area contributed by atoms with Gasteiger partial charge in [0, 0.05) is 32.2 Å². The van der Waals surface area contributed by atoms with Crippen LogP contribution in [0.3, 0.4) is 0 Å². The van der Waals surface area contributed by atoms with Gasteiger partial charge in [0.2, 0.25) is 5.91 Å². The van der Waals surface area contributed by atoms with Crippen molar-refractivity contribution >= 4 is 23.2 Å². The quantitative estimate of drug-likeness (QED) is 0.807. The lowest BCUT2D eigenvalue weighted by Gasteiger charge is -2.36. The fraction of sp³-hybridized carbons (Fsp3) is 0.333. The normalized spacial score (nSPS) is 13.9. The number of nitrogens with zero attached hydrogens (tertiary/aromatic N) is 3. The van der Waals surface area contributed by atoms with E-state index < -0.39 is 0 Å². The number of aliphatic hydroxyl groups is 1. The van der Waals surface area contributed by atoms with Crippen LogP contribution in [0.1, 0.15) is 11.1 Å². The Morgan fingerprint density at radius 2 is 1.86 bits per heavy atom. The van der Waals surface area contributed by atoms with E-state index in [1.165, 1.54) is 0 Å². The lowest BCUT2D eigenvalue weighted by atomic mass is 10.1. The highest BCUT2D eigenvalue weighted by Gasteiger charge is 2.22. The molecule has 7 heteroatoms. The van der Waals surface area contributed by atoms with Crippen molar-refractivity contribution in [1.82, 2.24) is 4.90 Å². The maximum atomic E-state index is 12.6. The molecule has 0 bridgehead atoms.